The lowest BCUT2D eigenvalue weighted by atomic mass is 9.93. The van der Waals surface area contributed by atoms with Crippen molar-refractivity contribution in [3.8, 4) is 5.69 Å². The molecule has 11 nitrogen and oxygen atoms in total. The van der Waals surface area contributed by atoms with Gasteiger partial charge in [-0.05, 0) is 42.5 Å². The van der Waals surface area contributed by atoms with E-state index in [4.69, 9.17) is 17.0 Å². The van der Waals surface area contributed by atoms with E-state index in [0.717, 1.165) is 16.9 Å². The van der Waals surface area contributed by atoms with Gasteiger partial charge in [0, 0.05) is 28.4 Å². The Labute approximate surface area is 226 Å². The smallest absolute Gasteiger partial charge is 0.261 e. The van der Waals surface area contributed by atoms with Crippen LogP contribution in [0.15, 0.2) is 78.8 Å². The van der Waals surface area contributed by atoms with E-state index in [-0.39, 0.29) is 16.9 Å². The van der Waals surface area contributed by atoms with Crippen LogP contribution in [-0.4, -0.2) is 54.2 Å². The lowest BCUT2D eigenvalue weighted by molar-refractivity contribution is -0.571. The van der Waals surface area contributed by atoms with E-state index in [1.165, 1.54) is 0 Å². The van der Waals surface area contributed by atoms with Crippen LogP contribution in [0.5, 0.6) is 0 Å². The molecule has 39 heavy (non-hydrogen) atoms. The van der Waals surface area contributed by atoms with Crippen molar-refractivity contribution in [2.75, 3.05) is 6.54 Å². The van der Waals surface area contributed by atoms with E-state index >= 15 is 0 Å². The average molecular weight is 539 g/mol. The molecule has 0 saturated carbocycles. The van der Waals surface area contributed by atoms with Crippen LogP contribution in [0.3, 0.4) is 0 Å². The predicted molar refractivity (Wildman–Crippen MR) is 144 cm³/mol. The highest BCUT2D eigenvalue weighted by Crippen LogP contribution is 2.36. The van der Waals surface area contributed by atoms with Gasteiger partial charge < -0.3 is 9.88 Å². The number of para-hydroxylation sites is 1. The number of carbonyl (C=O) groups excluding carboxylic acids is 2. The lowest BCUT2D eigenvalue weighted by Crippen LogP contribution is -2.79. The van der Waals surface area contributed by atoms with E-state index in [1.54, 1.807) is 42.9 Å². The van der Waals surface area contributed by atoms with Crippen molar-refractivity contribution in [3.05, 3.63) is 101 Å². The number of amides is 2. The predicted octanol–water partition coefficient (Wildman–Crippen LogP) is 2.11. The van der Waals surface area contributed by atoms with Gasteiger partial charge in [-0.25, -0.2) is 0 Å². The molecule has 4 heterocycles. The third-order valence-corrected chi connectivity index (χ3v) is 6.73. The van der Waals surface area contributed by atoms with Crippen LogP contribution in [0.25, 0.3) is 22.2 Å². The van der Waals surface area contributed by atoms with Crippen molar-refractivity contribution < 1.29 is 14.9 Å². The van der Waals surface area contributed by atoms with Gasteiger partial charge in [-0.2, -0.15) is 5.21 Å². The highest BCUT2D eigenvalue weighted by molar-refractivity contribution is 6.48. The maximum absolute atomic E-state index is 13.2. The molecule has 0 radical (unpaired) electrons. The zero-order chi connectivity index (χ0) is 26.9. The maximum atomic E-state index is 13.2. The second-order valence-electron chi connectivity index (χ2n) is 8.85. The van der Waals surface area contributed by atoms with E-state index < -0.39 is 11.8 Å². The van der Waals surface area contributed by atoms with Gasteiger partial charge in [0.05, 0.1) is 52.8 Å². The summed E-state index contributed by atoms with van der Waals surface area (Å²) in [6.07, 6.45) is 5.71. The van der Waals surface area contributed by atoms with E-state index in [2.05, 4.69) is 30.9 Å². The van der Waals surface area contributed by atoms with Crippen LogP contribution >= 0.6 is 11.6 Å². The molecule has 0 atom stereocenters. The van der Waals surface area contributed by atoms with Crippen molar-refractivity contribution in [2.24, 2.45) is 0 Å². The molecule has 0 bridgehead atoms. The Morgan fingerprint density at radius 3 is 2.74 bits per heavy atom. The number of aromatic amines is 1. The summed E-state index contributed by atoms with van der Waals surface area (Å²) in [7, 11) is 0. The Bertz CT molecular complexity index is 1780. The molecule has 12 heteroatoms. The topological polar surface area (TPSA) is 159 Å². The minimum atomic E-state index is -0.620. The standard InChI is InChI=1S/C27H20ClN9O2/c28-15-7-8-21-18(12-15)19(14-37(21)16-4-3-10-30-13-16)23-24(27(39)32-26(23)38)25(29)17-5-1-2-6-20(17)31-11-9-22-33-35-36-34-22/h1-8,10,12-14,29,31H,9,11H2,(H,32,38,39)(H,33,34,35,36)/p+1. The van der Waals surface area contributed by atoms with Crippen molar-refractivity contribution in [1.82, 2.24) is 35.5 Å². The quantitative estimate of drug-likeness (QED) is 0.134. The number of tetrazole rings is 1. The largest absolute Gasteiger partial charge is 0.314 e. The third-order valence-electron chi connectivity index (χ3n) is 6.49. The average Bonchev–Trinajstić information content (AvgIpc) is 3.66. The SMILES string of the molecule is N=C(C1=C(c2cn(-c3cccnc3)c3ccc(Cl)cc23)C(=O)NC1=O)c1ccccc1[NH2+]CCc1nn[nH]n1. The first-order valence-electron chi connectivity index (χ1n) is 12.1. The summed E-state index contributed by atoms with van der Waals surface area (Å²) in [5.74, 6) is -0.609. The van der Waals surface area contributed by atoms with Gasteiger partial charge in [0.2, 0.25) is 0 Å². The van der Waals surface area contributed by atoms with Crippen LogP contribution in [0.4, 0.5) is 5.69 Å². The zero-order valence-electron chi connectivity index (χ0n) is 20.4. The van der Waals surface area contributed by atoms with Crippen LogP contribution in [-0.2, 0) is 16.0 Å². The molecule has 0 fully saturated rings. The number of nitrogens with two attached hydrogens (primary N) is 1. The molecule has 0 spiro atoms. The number of pyridine rings is 1. The summed E-state index contributed by atoms with van der Waals surface area (Å²) in [6.45, 7) is 0.595. The van der Waals surface area contributed by atoms with Gasteiger partial charge in [-0.1, -0.05) is 28.9 Å². The first-order chi connectivity index (χ1) is 19.0. The molecular weight excluding hydrogens is 518 g/mol. The summed E-state index contributed by atoms with van der Waals surface area (Å²) in [5.41, 5.74) is 3.42. The molecule has 0 aliphatic carbocycles. The number of benzene rings is 2. The summed E-state index contributed by atoms with van der Waals surface area (Å²) >= 11 is 6.35. The number of aromatic nitrogens is 6. The molecule has 0 saturated heterocycles. The molecule has 2 aromatic carbocycles. The second kappa shape index (κ2) is 10.0. The van der Waals surface area contributed by atoms with Crippen LogP contribution in [0, 0.1) is 5.41 Å². The fourth-order valence-electron chi connectivity index (χ4n) is 4.74. The molecule has 192 valence electrons. The van der Waals surface area contributed by atoms with Gasteiger partial charge in [0.1, 0.15) is 5.69 Å². The Balaban J connectivity index is 1.46. The van der Waals surface area contributed by atoms with Crippen molar-refractivity contribution in [1.29, 1.82) is 5.41 Å². The van der Waals surface area contributed by atoms with Gasteiger partial charge >= 0.3 is 0 Å². The number of H-pyrrole nitrogens is 1. The number of halogens is 1. The number of carbonyl (C=O) groups is 2. The van der Waals surface area contributed by atoms with Crippen LogP contribution in [0.1, 0.15) is 17.0 Å². The molecular formula is C27H21ClN9O2+. The molecule has 2 amide bonds. The van der Waals surface area contributed by atoms with Gasteiger partial charge in [0.15, 0.2) is 5.82 Å². The summed E-state index contributed by atoms with van der Waals surface area (Å²) in [4.78, 5) is 30.6. The summed E-state index contributed by atoms with van der Waals surface area (Å²) in [6, 6.07) is 16.3. The van der Waals surface area contributed by atoms with Crippen molar-refractivity contribution in [3.63, 3.8) is 0 Å². The van der Waals surface area contributed by atoms with Crippen LogP contribution < -0.4 is 10.6 Å². The minimum Gasteiger partial charge on any atom is -0.314 e. The first-order valence-corrected chi connectivity index (χ1v) is 12.4. The molecule has 3 aromatic heterocycles. The molecule has 0 unspecified atom stereocenters. The first kappa shape index (κ1) is 24.3. The molecule has 6 rings (SSSR count). The van der Waals surface area contributed by atoms with E-state index in [1.807, 2.05) is 40.2 Å². The Hall–Kier alpha value is -5.00. The second-order valence-corrected chi connectivity index (χ2v) is 9.29. The van der Waals surface area contributed by atoms with Gasteiger partial charge in [0.25, 0.3) is 11.8 Å². The monoisotopic (exact) mass is 538 g/mol. The normalized spacial score (nSPS) is 13.4. The van der Waals surface area contributed by atoms with Crippen LogP contribution in [0.2, 0.25) is 5.02 Å². The highest BCUT2D eigenvalue weighted by atomic mass is 35.5. The number of hydrogen-bond acceptors (Lipinski definition) is 7. The van der Waals surface area contributed by atoms with Crippen molar-refractivity contribution in [2.45, 2.75) is 6.42 Å². The Morgan fingerprint density at radius 2 is 1.95 bits per heavy atom. The van der Waals surface area contributed by atoms with E-state index in [0.29, 0.717) is 40.3 Å². The fourth-order valence-corrected chi connectivity index (χ4v) is 4.92. The number of hydrogen-bond donors (Lipinski definition) is 4. The lowest BCUT2D eigenvalue weighted by Gasteiger charge is -2.10. The molecule has 5 aromatic rings. The minimum absolute atomic E-state index is 0.00392. The van der Waals surface area contributed by atoms with Gasteiger partial charge in [-0.15, -0.1) is 10.2 Å². The maximum Gasteiger partial charge on any atom is 0.261 e. The Kier molecular flexibility index (Phi) is 6.27. The highest BCUT2D eigenvalue weighted by Gasteiger charge is 2.36. The Morgan fingerprint density at radius 1 is 1.08 bits per heavy atom. The summed E-state index contributed by atoms with van der Waals surface area (Å²) < 4.78 is 1.89. The number of quaternary nitrogens is 1. The molecule has 1 aliphatic rings. The number of nitrogens with zero attached hydrogens (tertiary/aromatic N) is 5. The van der Waals surface area contributed by atoms with E-state index in [9.17, 15) is 9.59 Å². The summed E-state index contributed by atoms with van der Waals surface area (Å²) in [5, 5.41) is 28.5. The van der Waals surface area contributed by atoms with Gasteiger partial charge in [-0.3, -0.25) is 25.3 Å². The molecule has 1 aliphatic heterocycles. The number of imide groups is 1. The zero-order valence-corrected chi connectivity index (χ0v) is 21.1. The number of nitrogens with one attached hydrogen (secondary N) is 3. The molecule has 5 N–H and O–H groups in total. The third kappa shape index (κ3) is 4.49. The fraction of sp³-hybridized carbons (Fsp3) is 0.0741. The number of rotatable bonds is 8. The van der Waals surface area contributed by atoms with Crippen molar-refractivity contribution >= 4 is 51.3 Å². The number of fused-ring (bicyclic) bond motifs is 1.